The maximum absolute atomic E-state index is 6.23. The van der Waals surface area contributed by atoms with Gasteiger partial charge in [0.1, 0.15) is 0 Å². The van der Waals surface area contributed by atoms with Gasteiger partial charge >= 0.3 is 0 Å². The first-order valence-electron chi connectivity index (χ1n) is 6.12. The highest BCUT2D eigenvalue weighted by atomic mass is 79.9. The van der Waals surface area contributed by atoms with Crippen LogP contribution < -0.4 is 5.73 Å². The Bertz CT molecular complexity index is 334. The number of hydrogen-bond acceptors (Lipinski definition) is 2. The fourth-order valence-corrected chi connectivity index (χ4v) is 2.93. The van der Waals surface area contributed by atoms with Crippen molar-refractivity contribution in [2.24, 2.45) is 11.7 Å². The highest BCUT2D eigenvalue weighted by Gasteiger charge is 2.17. The number of nitrogens with zero attached hydrogens (tertiary/aromatic N) is 1. The molecule has 0 aliphatic heterocycles. The van der Waals surface area contributed by atoms with E-state index in [0.29, 0.717) is 0 Å². The number of nitrogens with two attached hydrogens (primary N) is 1. The van der Waals surface area contributed by atoms with Gasteiger partial charge in [-0.2, -0.15) is 0 Å². The summed E-state index contributed by atoms with van der Waals surface area (Å²) >= 11 is 3.44. The van der Waals surface area contributed by atoms with Crippen LogP contribution >= 0.6 is 15.9 Å². The van der Waals surface area contributed by atoms with E-state index in [1.54, 1.807) is 6.20 Å². The molecule has 88 valence electrons. The first kappa shape index (κ1) is 12.1. The van der Waals surface area contributed by atoms with Crippen molar-refractivity contribution >= 4 is 15.9 Å². The second kappa shape index (κ2) is 5.78. The second-order valence-corrected chi connectivity index (χ2v) is 5.70. The van der Waals surface area contributed by atoms with E-state index in [0.717, 1.165) is 22.4 Å². The zero-order chi connectivity index (χ0) is 11.4. The van der Waals surface area contributed by atoms with Gasteiger partial charge in [0.25, 0.3) is 0 Å². The summed E-state index contributed by atoms with van der Waals surface area (Å²) in [5, 5.41) is 0. The molecule has 1 aromatic heterocycles. The van der Waals surface area contributed by atoms with Gasteiger partial charge in [0.15, 0.2) is 0 Å². The molecule has 1 unspecified atom stereocenters. The molecule has 0 amide bonds. The number of aromatic nitrogens is 1. The minimum absolute atomic E-state index is 0.146. The van der Waals surface area contributed by atoms with Gasteiger partial charge in [0.05, 0.1) is 0 Å². The molecule has 1 aliphatic rings. The predicted octanol–water partition coefficient (Wildman–Crippen LogP) is 3.81. The molecule has 0 bridgehead atoms. The molecule has 0 saturated heterocycles. The summed E-state index contributed by atoms with van der Waals surface area (Å²) in [5.74, 6) is 0.822. The van der Waals surface area contributed by atoms with Crippen LogP contribution in [0.15, 0.2) is 22.9 Å². The molecule has 1 saturated carbocycles. The zero-order valence-corrected chi connectivity index (χ0v) is 11.1. The molecule has 1 aromatic rings. The third-order valence-electron chi connectivity index (χ3n) is 3.47. The highest BCUT2D eigenvalue weighted by Crippen LogP contribution is 2.31. The summed E-state index contributed by atoms with van der Waals surface area (Å²) < 4.78 is 1.02. The molecule has 1 heterocycles. The van der Waals surface area contributed by atoms with Crippen molar-refractivity contribution in [1.29, 1.82) is 0 Å². The number of pyridine rings is 1. The monoisotopic (exact) mass is 282 g/mol. The summed E-state index contributed by atoms with van der Waals surface area (Å²) in [7, 11) is 0. The molecule has 3 heteroatoms. The van der Waals surface area contributed by atoms with E-state index in [-0.39, 0.29) is 6.04 Å². The Labute approximate surface area is 106 Å². The van der Waals surface area contributed by atoms with Crippen LogP contribution in [0.25, 0.3) is 0 Å². The first-order valence-corrected chi connectivity index (χ1v) is 6.91. The normalized spacial score (nSPS) is 19.6. The Hall–Kier alpha value is -0.410. The van der Waals surface area contributed by atoms with Crippen LogP contribution in [0.4, 0.5) is 0 Å². The fraction of sp³-hybridized carbons (Fsp3) is 0.615. The van der Waals surface area contributed by atoms with E-state index in [9.17, 15) is 0 Å². The Morgan fingerprint density at radius 1 is 1.31 bits per heavy atom. The average molecular weight is 283 g/mol. The smallest absolute Gasteiger partial charge is 0.0410 e. The van der Waals surface area contributed by atoms with E-state index in [1.165, 1.54) is 32.1 Å². The fourth-order valence-electron chi connectivity index (χ4n) is 2.55. The molecule has 2 rings (SSSR count). The van der Waals surface area contributed by atoms with Gasteiger partial charge in [-0.05, 0) is 39.9 Å². The van der Waals surface area contributed by atoms with Gasteiger partial charge in [-0.15, -0.1) is 0 Å². The maximum atomic E-state index is 6.23. The van der Waals surface area contributed by atoms with Gasteiger partial charge in [-0.3, -0.25) is 4.98 Å². The van der Waals surface area contributed by atoms with Crippen LogP contribution in [0.1, 0.15) is 50.1 Å². The molecule has 2 N–H and O–H groups in total. The van der Waals surface area contributed by atoms with Gasteiger partial charge in [0.2, 0.25) is 0 Å². The van der Waals surface area contributed by atoms with E-state index in [4.69, 9.17) is 5.73 Å². The summed E-state index contributed by atoms with van der Waals surface area (Å²) in [6, 6.07) is 2.23. The van der Waals surface area contributed by atoms with Crippen molar-refractivity contribution in [3.63, 3.8) is 0 Å². The summed E-state index contributed by atoms with van der Waals surface area (Å²) in [6.45, 7) is 0. The molecule has 1 atom stereocenters. The lowest BCUT2D eigenvalue weighted by Crippen LogP contribution is -2.17. The Balaban J connectivity index is 1.94. The van der Waals surface area contributed by atoms with Crippen molar-refractivity contribution < 1.29 is 0 Å². The predicted molar refractivity (Wildman–Crippen MR) is 70.1 cm³/mol. The van der Waals surface area contributed by atoms with Crippen LogP contribution in [0.5, 0.6) is 0 Å². The van der Waals surface area contributed by atoms with Crippen molar-refractivity contribution in [3.8, 4) is 0 Å². The topological polar surface area (TPSA) is 38.9 Å². The first-order chi connectivity index (χ1) is 7.75. The van der Waals surface area contributed by atoms with E-state index >= 15 is 0 Å². The molecule has 0 spiro atoms. The number of halogens is 1. The van der Waals surface area contributed by atoms with E-state index < -0.39 is 0 Å². The molecular formula is C13H19BrN2. The standard InChI is InChI=1S/C13H19BrN2/c14-12-7-11(8-16-9-12)13(15)6-10-4-2-1-3-5-10/h7-10,13H,1-6,15H2. The van der Waals surface area contributed by atoms with Crippen LogP contribution in [-0.4, -0.2) is 4.98 Å². The second-order valence-electron chi connectivity index (χ2n) is 4.78. The molecule has 0 radical (unpaired) electrons. The summed E-state index contributed by atoms with van der Waals surface area (Å²) in [6.07, 6.45) is 11.7. The van der Waals surface area contributed by atoms with Crippen LogP contribution in [0.3, 0.4) is 0 Å². The van der Waals surface area contributed by atoms with Crippen molar-refractivity contribution in [3.05, 3.63) is 28.5 Å². The van der Waals surface area contributed by atoms with Gasteiger partial charge in [-0.1, -0.05) is 32.1 Å². The lowest BCUT2D eigenvalue weighted by molar-refractivity contribution is 0.319. The van der Waals surface area contributed by atoms with Crippen LogP contribution in [-0.2, 0) is 0 Å². The number of hydrogen-bond donors (Lipinski definition) is 1. The van der Waals surface area contributed by atoms with Gasteiger partial charge in [-0.25, -0.2) is 0 Å². The SMILES string of the molecule is NC(CC1CCCCC1)c1cncc(Br)c1. The molecular weight excluding hydrogens is 264 g/mol. The summed E-state index contributed by atoms with van der Waals surface area (Å²) in [4.78, 5) is 4.17. The van der Waals surface area contributed by atoms with E-state index in [1.807, 2.05) is 6.20 Å². The largest absolute Gasteiger partial charge is 0.324 e. The van der Waals surface area contributed by atoms with E-state index in [2.05, 4.69) is 27.0 Å². The molecule has 1 aliphatic carbocycles. The van der Waals surface area contributed by atoms with Crippen LogP contribution in [0, 0.1) is 5.92 Å². The van der Waals surface area contributed by atoms with Crippen molar-refractivity contribution in [1.82, 2.24) is 4.98 Å². The third kappa shape index (κ3) is 3.29. The van der Waals surface area contributed by atoms with Crippen molar-refractivity contribution in [2.75, 3.05) is 0 Å². The minimum atomic E-state index is 0.146. The lowest BCUT2D eigenvalue weighted by atomic mass is 9.84. The van der Waals surface area contributed by atoms with Crippen LogP contribution in [0.2, 0.25) is 0 Å². The molecule has 1 fully saturated rings. The third-order valence-corrected chi connectivity index (χ3v) is 3.90. The minimum Gasteiger partial charge on any atom is -0.324 e. The lowest BCUT2D eigenvalue weighted by Gasteiger charge is -2.24. The molecule has 0 aromatic carbocycles. The summed E-state index contributed by atoms with van der Waals surface area (Å²) in [5.41, 5.74) is 7.39. The Morgan fingerprint density at radius 3 is 2.75 bits per heavy atom. The van der Waals surface area contributed by atoms with Gasteiger partial charge in [0, 0.05) is 22.9 Å². The highest BCUT2D eigenvalue weighted by molar-refractivity contribution is 9.10. The zero-order valence-electron chi connectivity index (χ0n) is 9.53. The molecule has 16 heavy (non-hydrogen) atoms. The number of rotatable bonds is 3. The average Bonchev–Trinajstić information content (AvgIpc) is 2.30. The Morgan fingerprint density at radius 2 is 2.06 bits per heavy atom. The van der Waals surface area contributed by atoms with Crippen molar-refractivity contribution in [2.45, 2.75) is 44.6 Å². The molecule has 2 nitrogen and oxygen atoms in total. The maximum Gasteiger partial charge on any atom is 0.0410 e. The Kier molecular flexibility index (Phi) is 4.36. The van der Waals surface area contributed by atoms with Gasteiger partial charge < -0.3 is 5.73 Å². The quantitative estimate of drug-likeness (QED) is 0.916.